The molecule has 1 fully saturated rings. The number of anilines is 1. The summed E-state index contributed by atoms with van der Waals surface area (Å²) in [7, 11) is 0. The molecular formula is C20H19N3O2. The van der Waals surface area contributed by atoms with Gasteiger partial charge in [0.25, 0.3) is 0 Å². The number of benzene rings is 2. The van der Waals surface area contributed by atoms with Crippen molar-refractivity contribution in [3.8, 4) is 6.07 Å². The van der Waals surface area contributed by atoms with E-state index in [1.807, 2.05) is 42.5 Å². The lowest BCUT2D eigenvalue weighted by atomic mass is 10.1. The van der Waals surface area contributed by atoms with Gasteiger partial charge in [-0.25, -0.2) is 0 Å². The van der Waals surface area contributed by atoms with E-state index in [2.05, 4.69) is 11.4 Å². The van der Waals surface area contributed by atoms with Crippen molar-refractivity contribution in [2.75, 3.05) is 11.9 Å². The SMILES string of the molecule is N#CCc1ccc(NC(=O)[C@@H]2CC(=O)N(Cc3ccccc3)C2)cc1. The summed E-state index contributed by atoms with van der Waals surface area (Å²) in [5.74, 6) is -0.472. The van der Waals surface area contributed by atoms with Crippen molar-refractivity contribution in [1.82, 2.24) is 4.90 Å². The summed E-state index contributed by atoms with van der Waals surface area (Å²) in [6.07, 6.45) is 0.588. The van der Waals surface area contributed by atoms with Crippen molar-refractivity contribution in [2.45, 2.75) is 19.4 Å². The Kier molecular flexibility index (Phi) is 5.10. The van der Waals surface area contributed by atoms with Gasteiger partial charge in [-0.15, -0.1) is 0 Å². The first-order valence-corrected chi connectivity index (χ1v) is 8.24. The number of carbonyl (C=O) groups excluding carboxylic acids is 2. The fourth-order valence-electron chi connectivity index (χ4n) is 2.95. The van der Waals surface area contributed by atoms with Gasteiger partial charge < -0.3 is 10.2 Å². The molecule has 3 rings (SSSR count). The maximum Gasteiger partial charge on any atom is 0.229 e. The Hall–Kier alpha value is -3.13. The molecule has 5 heteroatoms. The molecule has 0 aromatic heterocycles. The predicted octanol–water partition coefficient (Wildman–Crippen LogP) is 2.74. The quantitative estimate of drug-likeness (QED) is 0.914. The standard InChI is InChI=1S/C20H19N3O2/c21-11-10-15-6-8-18(9-7-15)22-20(25)17-12-19(24)23(14-17)13-16-4-2-1-3-5-16/h1-9,17H,10,12-14H2,(H,22,25)/t17-/m1/s1. The molecule has 0 bridgehead atoms. The van der Waals surface area contributed by atoms with Crippen LogP contribution in [0, 0.1) is 17.2 Å². The summed E-state index contributed by atoms with van der Waals surface area (Å²) in [6, 6.07) is 19.1. The largest absolute Gasteiger partial charge is 0.338 e. The predicted molar refractivity (Wildman–Crippen MR) is 94.4 cm³/mol. The Morgan fingerprint density at radius 1 is 1.12 bits per heavy atom. The van der Waals surface area contributed by atoms with Gasteiger partial charge in [-0.05, 0) is 23.3 Å². The van der Waals surface area contributed by atoms with Crippen LogP contribution < -0.4 is 5.32 Å². The molecule has 2 aromatic carbocycles. The topological polar surface area (TPSA) is 73.2 Å². The van der Waals surface area contributed by atoms with Crippen LogP contribution >= 0.6 is 0 Å². The molecule has 25 heavy (non-hydrogen) atoms. The van der Waals surface area contributed by atoms with Crippen LogP contribution in [0.1, 0.15) is 17.5 Å². The van der Waals surface area contributed by atoms with Crippen LogP contribution in [0.3, 0.4) is 0 Å². The van der Waals surface area contributed by atoms with Crippen molar-refractivity contribution >= 4 is 17.5 Å². The maximum absolute atomic E-state index is 12.4. The van der Waals surface area contributed by atoms with Crippen LogP contribution in [0.2, 0.25) is 0 Å². The second kappa shape index (κ2) is 7.63. The average molecular weight is 333 g/mol. The molecule has 0 unspecified atom stereocenters. The van der Waals surface area contributed by atoms with Gasteiger partial charge in [0.2, 0.25) is 11.8 Å². The number of amides is 2. The molecule has 2 amide bonds. The molecule has 126 valence electrons. The van der Waals surface area contributed by atoms with Gasteiger partial charge in [-0.3, -0.25) is 9.59 Å². The zero-order valence-corrected chi connectivity index (χ0v) is 13.8. The molecule has 0 spiro atoms. The summed E-state index contributed by atoms with van der Waals surface area (Å²) < 4.78 is 0. The van der Waals surface area contributed by atoms with Gasteiger partial charge in [0.1, 0.15) is 0 Å². The van der Waals surface area contributed by atoms with Crippen LogP contribution in [0.4, 0.5) is 5.69 Å². The number of hydrogen-bond acceptors (Lipinski definition) is 3. The average Bonchev–Trinajstić information content (AvgIpc) is 2.99. The van der Waals surface area contributed by atoms with Gasteiger partial charge in [-0.2, -0.15) is 5.26 Å². The van der Waals surface area contributed by atoms with E-state index in [-0.39, 0.29) is 24.2 Å². The summed E-state index contributed by atoms with van der Waals surface area (Å²) in [6.45, 7) is 0.971. The summed E-state index contributed by atoms with van der Waals surface area (Å²) >= 11 is 0. The number of carbonyl (C=O) groups is 2. The first-order valence-electron chi connectivity index (χ1n) is 8.24. The zero-order chi connectivity index (χ0) is 17.6. The third kappa shape index (κ3) is 4.24. The molecular weight excluding hydrogens is 314 g/mol. The molecule has 2 aromatic rings. The van der Waals surface area contributed by atoms with Gasteiger partial charge in [0.15, 0.2) is 0 Å². The van der Waals surface area contributed by atoms with E-state index in [4.69, 9.17) is 5.26 Å². The van der Waals surface area contributed by atoms with Crippen LogP contribution in [0.25, 0.3) is 0 Å². The van der Waals surface area contributed by atoms with Crippen molar-refractivity contribution in [1.29, 1.82) is 5.26 Å². The Labute approximate surface area is 146 Å². The molecule has 0 saturated carbocycles. The monoisotopic (exact) mass is 333 g/mol. The Morgan fingerprint density at radius 2 is 1.84 bits per heavy atom. The second-order valence-corrected chi connectivity index (χ2v) is 6.18. The summed E-state index contributed by atoms with van der Waals surface area (Å²) in [5, 5.41) is 11.5. The van der Waals surface area contributed by atoms with E-state index >= 15 is 0 Å². The van der Waals surface area contributed by atoms with Gasteiger partial charge in [0, 0.05) is 25.2 Å². The van der Waals surface area contributed by atoms with Gasteiger partial charge >= 0.3 is 0 Å². The van der Waals surface area contributed by atoms with E-state index in [0.717, 1.165) is 11.1 Å². The molecule has 5 nitrogen and oxygen atoms in total. The van der Waals surface area contributed by atoms with Crippen molar-refractivity contribution in [3.63, 3.8) is 0 Å². The number of likely N-dealkylation sites (tertiary alicyclic amines) is 1. The minimum absolute atomic E-state index is 0.00775. The molecule has 1 atom stereocenters. The van der Waals surface area contributed by atoms with Crippen molar-refractivity contribution < 1.29 is 9.59 Å². The fourth-order valence-corrected chi connectivity index (χ4v) is 2.95. The fraction of sp³-hybridized carbons (Fsp3) is 0.250. The Balaban J connectivity index is 1.58. The smallest absolute Gasteiger partial charge is 0.229 e. The number of nitriles is 1. The van der Waals surface area contributed by atoms with Gasteiger partial charge in [0.05, 0.1) is 18.4 Å². The lowest BCUT2D eigenvalue weighted by molar-refractivity contribution is -0.128. The van der Waals surface area contributed by atoms with E-state index in [0.29, 0.717) is 25.2 Å². The zero-order valence-electron chi connectivity index (χ0n) is 13.8. The minimum Gasteiger partial charge on any atom is -0.338 e. The Bertz CT molecular complexity index is 794. The van der Waals surface area contributed by atoms with Crippen LogP contribution in [-0.2, 0) is 22.6 Å². The van der Waals surface area contributed by atoms with Crippen molar-refractivity contribution in [2.24, 2.45) is 5.92 Å². The highest BCUT2D eigenvalue weighted by Gasteiger charge is 2.34. The first-order chi connectivity index (χ1) is 12.2. The van der Waals surface area contributed by atoms with E-state index in [1.165, 1.54) is 0 Å². The number of nitrogens with one attached hydrogen (secondary N) is 1. The highest BCUT2D eigenvalue weighted by molar-refractivity contribution is 5.97. The molecule has 1 saturated heterocycles. The molecule has 1 heterocycles. The second-order valence-electron chi connectivity index (χ2n) is 6.18. The lowest BCUT2D eigenvalue weighted by Gasteiger charge is -2.16. The van der Waals surface area contributed by atoms with E-state index in [9.17, 15) is 9.59 Å². The molecule has 1 aliphatic heterocycles. The molecule has 1 aliphatic rings. The van der Waals surface area contributed by atoms with Gasteiger partial charge in [-0.1, -0.05) is 42.5 Å². The molecule has 0 aliphatic carbocycles. The highest BCUT2D eigenvalue weighted by atomic mass is 16.2. The number of hydrogen-bond donors (Lipinski definition) is 1. The van der Waals surface area contributed by atoms with E-state index < -0.39 is 0 Å². The lowest BCUT2D eigenvalue weighted by Crippen LogP contribution is -2.28. The van der Waals surface area contributed by atoms with Crippen LogP contribution in [0.15, 0.2) is 54.6 Å². The first kappa shape index (κ1) is 16.7. The third-order valence-electron chi connectivity index (χ3n) is 4.31. The maximum atomic E-state index is 12.4. The molecule has 0 radical (unpaired) electrons. The van der Waals surface area contributed by atoms with Crippen LogP contribution in [-0.4, -0.2) is 23.3 Å². The molecule has 1 N–H and O–H groups in total. The Morgan fingerprint density at radius 3 is 2.52 bits per heavy atom. The van der Waals surface area contributed by atoms with E-state index in [1.54, 1.807) is 17.0 Å². The number of rotatable bonds is 5. The third-order valence-corrected chi connectivity index (χ3v) is 4.31. The highest BCUT2D eigenvalue weighted by Crippen LogP contribution is 2.22. The normalized spacial score (nSPS) is 16.5. The summed E-state index contributed by atoms with van der Waals surface area (Å²) in [5.41, 5.74) is 2.65. The van der Waals surface area contributed by atoms with Crippen LogP contribution in [0.5, 0.6) is 0 Å². The number of nitrogens with zero attached hydrogens (tertiary/aromatic N) is 2. The van der Waals surface area contributed by atoms with Crippen molar-refractivity contribution in [3.05, 3.63) is 65.7 Å². The summed E-state index contributed by atoms with van der Waals surface area (Å²) in [4.78, 5) is 26.3. The minimum atomic E-state index is -0.338.